The molecule has 0 radical (unpaired) electrons. The second-order valence-electron chi connectivity index (χ2n) is 7.06. The normalized spacial score (nSPS) is 11.4. The quantitative estimate of drug-likeness (QED) is 0.529. The van der Waals surface area contributed by atoms with E-state index >= 15 is 0 Å². The zero-order valence-electron chi connectivity index (χ0n) is 15.7. The molecule has 3 heterocycles. The van der Waals surface area contributed by atoms with Gasteiger partial charge in [0.2, 0.25) is 0 Å². The first-order valence-electron chi connectivity index (χ1n) is 9.15. The molecule has 0 unspecified atom stereocenters. The molecule has 0 saturated heterocycles. The molecule has 136 valence electrons. The van der Waals surface area contributed by atoms with Gasteiger partial charge in [0, 0.05) is 30.2 Å². The molecule has 0 atom stereocenters. The molecule has 0 fully saturated rings. The lowest BCUT2D eigenvalue weighted by atomic mass is 10.0. The number of benzene rings is 1. The molecule has 0 aliphatic heterocycles. The molecule has 3 aromatic heterocycles. The molecule has 1 aromatic carbocycles. The third-order valence-electron chi connectivity index (χ3n) is 4.70. The summed E-state index contributed by atoms with van der Waals surface area (Å²) in [4.78, 5) is 6.36. The Hall–Kier alpha value is -3.05. The Morgan fingerprint density at radius 1 is 0.926 bits per heavy atom. The van der Waals surface area contributed by atoms with Crippen molar-refractivity contribution in [2.24, 2.45) is 0 Å². The Labute approximate surface area is 159 Å². The minimum absolute atomic E-state index is 0.902. The molecule has 0 saturated carbocycles. The van der Waals surface area contributed by atoms with E-state index in [0.29, 0.717) is 0 Å². The van der Waals surface area contributed by atoms with E-state index in [2.05, 4.69) is 81.0 Å². The van der Waals surface area contributed by atoms with Crippen LogP contribution < -0.4 is 0 Å². The topological polar surface area (TPSA) is 46.3 Å². The predicted octanol–water partition coefficient (Wildman–Crippen LogP) is 3.64. The van der Waals surface area contributed by atoms with Crippen LogP contribution in [0.5, 0.6) is 0 Å². The minimum atomic E-state index is 0.902. The summed E-state index contributed by atoms with van der Waals surface area (Å²) < 4.78 is 2.10. The summed E-state index contributed by atoms with van der Waals surface area (Å²) in [7, 11) is 4.16. The SMILES string of the molecule is CN(C)Cc1ccc(-c2ccc(CCc3cccnc3)n3cnnc23)cc1. The average molecular weight is 357 g/mol. The molecule has 0 amide bonds. The minimum Gasteiger partial charge on any atom is -0.305 e. The number of rotatable bonds is 6. The van der Waals surface area contributed by atoms with Crippen LogP contribution in [0.4, 0.5) is 0 Å². The molecule has 5 heteroatoms. The fourth-order valence-corrected chi connectivity index (χ4v) is 3.37. The van der Waals surface area contributed by atoms with Crippen molar-refractivity contribution < 1.29 is 0 Å². The van der Waals surface area contributed by atoms with Gasteiger partial charge in [-0.3, -0.25) is 9.38 Å². The van der Waals surface area contributed by atoms with Gasteiger partial charge in [-0.1, -0.05) is 30.3 Å². The molecule has 27 heavy (non-hydrogen) atoms. The fourth-order valence-electron chi connectivity index (χ4n) is 3.37. The zero-order valence-corrected chi connectivity index (χ0v) is 15.7. The third kappa shape index (κ3) is 3.88. The van der Waals surface area contributed by atoms with Crippen molar-refractivity contribution in [3.05, 3.63) is 84.1 Å². The van der Waals surface area contributed by atoms with Crippen LogP contribution in [0.3, 0.4) is 0 Å². The Kier molecular flexibility index (Phi) is 4.94. The summed E-state index contributed by atoms with van der Waals surface area (Å²) in [6, 6.07) is 17.1. The van der Waals surface area contributed by atoms with Crippen molar-refractivity contribution in [1.29, 1.82) is 0 Å². The second kappa shape index (κ2) is 7.68. The first-order valence-corrected chi connectivity index (χ1v) is 9.15. The Morgan fingerprint density at radius 2 is 1.78 bits per heavy atom. The van der Waals surface area contributed by atoms with Crippen LogP contribution in [-0.2, 0) is 19.4 Å². The number of hydrogen-bond donors (Lipinski definition) is 0. The van der Waals surface area contributed by atoms with Crippen LogP contribution in [0, 0.1) is 0 Å². The number of hydrogen-bond acceptors (Lipinski definition) is 4. The maximum atomic E-state index is 4.37. The van der Waals surface area contributed by atoms with Crippen molar-refractivity contribution in [2.75, 3.05) is 14.1 Å². The van der Waals surface area contributed by atoms with E-state index in [1.54, 1.807) is 12.5 Å². The van der Waals surface area contributed by atoms with Gasteiger partial charge in [0.15, 0.2) is 5.65 Å². The second-order valence-corrected chi connectivity index (χ2v) is 7.06. The summed E-state index contributed by atoms with van der Waals surface area (Å²) >= 11 is 0. The summed E-state index contributed by atoms with van der Waals surface area (Å²) in [5.41, 5.74) is 6.91. The van der Waals surface area contributed by atoms with Crippen LogP contribution in [0.2, 0.25) is 0 Å². The lowest BCUT2D eigenvalue weighted by Crippen LogP contribution is -2.10. The van der Waals surface area contributed by atoms with Crippen molar-refractivity contribution in [3.8, 4) is 11.1 Å². The maximum absolute atomic E-state index is 4.37. The van der Waals surface area contributed by atoms with E-state index in [1.807, 2.05) is 12.3 Å². The van der Waals surface area contributed by atoms with Crippen LogP contribution in [-0.4, -0.2) is 38.6 Å². The Bertz CT molecular complexity index is 1020. The monoisotopic (exact) mass is 357 g/mol. The summed E-state index contributed by atoms with van der Waals surface area (Å²) in [5, 5.41) is 8.53. The van der Waals surface area contributed by atoms with Crippen molar-refractivity contribution >= 4 is 5.65 Å². The number of fused-ring (bicyclic) bond motifs is 1. The van der Waals surface area contributed by atoms with E-state index in [9.17, 15) is 0 Å². The average Bonchev–Trinajstić information content (AvgIpc) is 3.17. The maximum Gasteiger partial charge on any atom is 0.168 e. The Morgan fingerprint density at radius 3 is 2.52 bits per heavy atom. The lowest BCUT2D eigenvalue weighted by Gasteiger charge is -2.11. The standard InChI is InChI=1S/C22H23N5/c1-26(2)15-18-5-8-19(9-6-18)21-12-11-20(27-16-24-25-22(21)27)10-7-17-4-3-13-23-14-17/h3-6,8-9,11-14,16H,7,10,15H2,1-2H3. The van der Waals surface area contributed by atoms with Gasteiger partial charge in [-0.15, -0.1) is 10.2 Å². The Balaban J connectivity index is 1.61. The van der Waals surface area contributed by atoms with Crippen molar-refractivity contribution in [1.82, 2.24) is 24.5 Å². The van der Waals surface area contributed by atoms with Crippen molar-refractivity contribution in [3.63, 3.8) is 0 Å². The molecule has 5 nitrogen and oxygen atoms in total. The van der Waals surface area contributed by atoms with Crippen molar-refractivity contribution in [2.45, 2.75) is 19.4 Å². The summed E-state index contributed by atoms with van der Waals surface area (Å²) in [5.74, 6) is 0. The number of aromatic nitrogens is 4. The van der Waals surface area contributed by atoms with Crippen LogP contribution in [0.1, 0.15) is 16.8 Å². The smallest absolute Gasteiger partial charge is 0.168 e. The van der Waals surface area contributed by atoms with Crippen LogP contribution >= 0.6 is 0 Å². The third-order valence-corrected chi connectivity index (χ3v) is 4.70. The van der Waals surface area contributed by atoms with Gasteiger partial charge in [0.05, 0.1) is 0 Å². The molecule has 0 aliphatic carbocycles. The zero-order chi connectivity index (χ0) is 18.6. The fraction of sp³-hybridized carbons (Fsp3) is 0.227. The van der Waals surface area contributed by atoms with Gasteiger partial charge in [-0.25, -0.2) is 0 Å². The molecule has 0 aliphatic rings. The van der Waals surface area contributed by atoms with E-state index in [4.69, 9.17) is 0 Å². The van der Waals surface area contributed by atoms with E-state index < -0.39 is 0 Å². The highest BCUT2D eigenvalue weighted by atomic mass is 15.2. The van der Waals surface area contributed by atoms with Gasteiger partial charge in [0.1, 0.15) is 6.33 Å². The summed E-state index contributed by atoms with van der Waals surface area (Å²) in [6.07, 6.45) is 7.40. The highest BCUT2D eigenvalue weighted by molar-refractivity contribution is 5.77. The van der Waals surface area contributed by atoms with Gasteiger partial charge < -0.3 is 4.90 Å². The number of nitrogens with zero attached hydrogens (tertiary/aromatic N) is 5. The highest BCUT2D eigenvalue weighted by Crippen LogP contribution is 2.25. The first-order chi connectivity index (χ1) is 13.2. The molecular weight excluding hydrogens is 334 g/mol. The first kappa shape index (κ1) is 17.4. The predicted molar refractivity (Wildman–Crippen MR) is 107 cm³/mol. The van der Waals surface area contributed by atoms with E-state index in [1.165, 1.54) is 16.8 Å². The van der Waals surface area contributed by atoms with E-state index in [-0.39, 0.29) is 0 Å². The number of pyridine rings is 2. The molecule has 0 spiro atoms. The molecule has 0 bridgehead atoms. The molecule has 4 rings (SSSR count). The van der Waals surface area contributed by atoms with Gasteiger partial charge in [-0.2, -0.15) is 0 Å². The largest absolute Gasteiger partial charge is 0.305 e. The molecule has 4 aromatic rings. The van der Waals surface area contributed by atoms with Crippen LogP contribution in [0.25, 0.3) is 16.8 Å². The van der Waals surface area contributed by atoms with Gasteiger partial charge in [0.25, 0.3) is 0 Å². The van der Waals surface area contributed by atoms with Crippen LogP contribution in [0.15, 0.2) is 67.3 Å². The molecule has 0 N–H and O–H groups in total. The summed E-state index contributed by atoms with van der Waals surface area (Å²) in [6.45, 7) is 0.938. The highest BCUT2D eigenvalue weighted by Gasteiger charge is 2.10. The van der Waals surface area contributed by atoms with Gasteiger partial charge >= 0.3 is 0 Å². The van der Waals surface area contributed by atoms with Gasteiger partial charge in [-0.05, 0) is 61.8 Å². The lowest BCUT2D eigenvalue weighted by molar-refractivity contribution is 0.402. The molecular formula is C22H23N5. The van der Waals surface area contributed by atoms with E-state index in [0.717, 1.165) is 36.2 Å². The number of aryl methyl sites for hydroxylation is 2.